The summed E-state index contributed by atoms with van der Waals surface area (Å²) in [4.78, 5) is 10.6. The Labute approximate surface area is 77.5 Å². The van der Waals surface area contributed by atoms with Gasteiger partial charge in [-0.3, -0.25) is 4.79 Å². The Kier molecular flexibility index (Phi) is 5.33. The number of aliphatic carboxylic acids is 1. The molecule has 3 nitrogen and oxygen atoms in total. The molecule has 0 amide bonds. The number of rotatable bonds is 6. The van der Waals surface area contributed by atoms with E-state index in [0.717, 1.165) is 5.75 Å². The Morgan fingerprint density at radius 2 is 2.17 bits per heavy atom. The second kappa shape index (κ2) is 5.43. The summed E-state index contributed by atoms with van der Waals surface area (Å²) in [7, 11) is 0. The summed E-state index contributed by atoms with van der Waals surface area (Å²) < 4.78 is 4.40. The molecule has 0 aromatic rings. The molecule has 0 unspecified atom stereocenters. The van der Waals surface area contributed by atoms with Crippen LogP contribution in [0.4, 0.5) is 0 Å². The number of thioether (sulfide) groups is 1. The fourth-order valence-corrected chi connectivity index (χ4v) is 1.40. The minimum absolute atomic E-state index is 0.623. The highest BCUT2D eigenvalue weighted by molar-refractivity contribution is 8.01. The maximum atomic E-state index is 10.6. The van der Waals surface area contributed by atoms with Crippen LogP contribution in [0.2, 0.25) is 0 Å². The molecule has 1 N–H and O–H groups in total. The van der Waals surface area contributed by atoms with E-state index in [2.05, 4.69) is 0 Å². The summed E-state index contributed by atoms with van der Waals surface area (Å²) in [6.07, 6.45) is 0. The van der Waals surface area contributed by atoms with Gasteiger partial charge in [-0.05, 0) is 20.8 Å². The molecule has 12 heavy (non-hydrogen) atoms. The number of hydrogen-bond acceptors (Lipinski definition) is 3. The molecule has 72 valence electrons. The Bertz CT molecular complexity index is 145. The summed E-state index contributed by atoms with van der Waals surface area (Å²) in [5.41, 5.74) is 0. The van der Waals surface area contributed by atoms with E-state index in [9.17, 15) is 4.79 Å². The summed E-state index contributed by atoms with van der Waals surface area (Å²) in [6.45, 7) is 6.64. The van der Waals surface area contributed by atoms with Crippen LogP contribution in [0.5, 0.6) is 0 Å². The second-order valence-electron chi connectivity index (χ2n) is 2.86. The van der Waals surface area contributed by atoms with Crippen LogP contribution in [0.3, 0.4) is 0 Å². The zero-order valence-corrected chi connectivity index (χ0v) is 8.61. The van der Waals surface area contributed by atoms with Crippen LogP contribution < -0.4 is 0 Å². The molecule has 4 heteroatoms. The molecule has 0 rings (SSSR count). The molecular formula is C8H16O3S. The van der Waals surface area contributed by atoms with Crippen molar-refractivity contribution in [1.82, 2.24) is 0 Å². The maximum absolute atomic E-state index is 10.6. The van der Waals surface area contributed by atoms with Gasteiger partial charge in [0.25, 0.3) is 0 Å². The fraction of sp³-hybridized carbons (Fsp3) is 0.875. The number of hydrogen-bond donors (Lipinski definition) is 1. The van der Waals surface area contributed by atoms with E-state index >= 15 is 0 Å². The maximum Gasteiger partial charge on any atom is 0.319 e. The number of carbonyl (C=O) groups is 1. The Morgan fingerprint density at radius 1 is 1.58 bits per heavy atom. The van der Waals surface area contributed by atoms with E-state index in [1.807, 2.05) is 6.92 Å². The lowest BCUT2D eigenvalue weighted by atomic mass is 10.2. The van der Waals surface area contributed by atoms with Crippen LogP contribution in [0, 0.1) is 0 Å². The van der Waals surface area contributed by atoms with E-state index in [1.54, 1.807) is 13.8 Å². The molecule has 0 atom stereocenters. The Balaban J connectivity index is 3.54. The van der Waals surface area contributed by atoms with Crippen molar-refractivity contribution in [2.75, 3.05) is 19.0 Å². The summed E-state index contributed by atoms with van der Waals surface area (Å²) in [6, 6.07) is 0. The van der Waals surface area contributed by atoms with Gasteiger partial charge in [0.1, 0.15) is 4.75 Å². The highest BCUT2D eigenvalue weighted by Gasteiger charge is 2.26. The van der Waals surface area contributed by atoms with Gasteiger partial charge < -0.3 is 9.84 Å². The molecular weight excluding hydrogens is 176 g/mol. The zero-order chi connectivity index (χ0) is 9.61. The molecule has 0 saturated carbocycles. The van der Waals surface area contributed by atoms with Crippen molar-refractivity contribution in [2.45, 2.75) is 25.5 Å². The van der Waals surface area contributed by atoms with E-state index in [1.165, 1.54) is 11.8 Å². The van der Waals surface area contributed by atoms with Crippen molar-refractivity contribution in [2.24, 2.45) is 0 Å². The smallest absolute Gasteiger partial charge is 0.319 e. The monoisotopic (exact) mass is 192 g/mol. The molecule has 0 bridgehead atoms. The molecule has 0 aromatic heterocycles. The summed E-state index contributed by atoms with van der Waals surface area (Å²) in [5.74, 6) is -0.0448. The topological polar surface area (TPSA) is 46.5 Å². The van der Waals surface area contributed by atoms with Crippen molar-refractivity contribution in [1.29, 1.82) is 0 Å². The molecule has 0 aliphatic carbocycles. The molecule has 0 fully saturated rings. The van der Waals surface area contributed by atoms with Gasteiger partial charge in [-0.2, -0.15) is 0 Å². The van der Waals surface area contributed by atoms with Crippen molar-refractivity contribution < 1.29 is 14.6 Å². The average Bonchev–Trinajstić information content (AvgIpc) is 1.98. The predicted octanol–water partition coefficient (Wildman–Crippen LogP) is 1.62. The lowest BCUT2D eigenvalue weighted by Crippen LogP contribution is -2.28. The van der Waals surface area contributed by atoms with E-state index < -0.39 is 10.7 Å². The van der Waals surface area contributed by atoms with Crippen molar-refractivity contribution in [3.05, 3.63) is 0 Å². The van der Waals surface area contributed by atoms with Gasteiger partial charge in [-0.1, -0.05) is 0 Å². The number of carboxylic acids is 1. The fourth-order valence-electron chi connectivity index (χ4n) is 0.562. The third-order valence-corrected chi connectivity index (χ3v) is 2.68. The van der Waals surface area contributed by atoms with Crippen molar-refractivity contribution in [3.8, 4) is 0 Å². The van der Waals surface area contributed by atoms with Crippen LogP contribution in [0.15, 0.2) is 0 Å². The Morgan fingerprint density at radius 3 is 2.58 bits per heavy atom. The normalized spacial score (nSPS) is 11.6. The third-order valence-electron chi connectivity index (χ3n) is 1.41. The van der Waals surface area contributed by atoms with Crippen LogP contribution in [-0.2, 0) is 9.53 Å². The molecule has 0 aliphatic rings. The van der Waals surface area contributed by atoms with Gasteiger partial charge in [-0.15, -0.1) is 11.8 Å². The first kappa shape index (κ1) is 11.8. The molecule has 0 aromatic carbocycles. The predicted molar refractivity (Wildman–Crippen MR) is 50.7 cm³/mol. The second-order valence-corrected chi connectivity index (χ2v) is 4.58. The molecule has 0 radical (unpaired) electrons. The van der Waals surface area contributed by atoms with Crippen LogP contribution in [0.1, 0.15) is 20.8 Å². The highest BCUT2D eigenvalue weighted by atomic mass is 32.2. The molecule has 0 heterocycles. The quantitative estimate of drug-likeness (QED) is 0.650. The lowest BCUT2D eigenvalue weighted by molar-refractivity contribution is -0.138. The third kappa shape index (κ3) is 4.62. The Hall–Kier alpha value is -0.220. The summed E-state index contributed by atoms with van der Waals surface area (Å²) >= 11 is 1.40. The van der Waals surface area contributed by atoms with Crippen LogP contribution in [0.25, 0.3) is 0 Å². The summed E-state index contributed by atoms with van der Waals surface area (Å²) in [5, 5.41) is 8.74. The molecule has 0 saturated heterocycles. The highest BCUT2D eigenvalue weighted by Crippen LogP contribution is 2.23. The van der Waals surface area contributed by atoms with Crippen LogP contribution >= 0.6 is 11.8 Å². The van der Waals surface area contributed by atoms with Crippen molar-refractivity contribution in [3.63, 3.8) is 0 Å². The molecule has 0 aliphatic heterocycles. The van der Waals surface area contributed by atoms with Crippen molar-refractivity contribution >= 4 is 17.7 Å². The average molecular weight is 192 g/mol. The number of carboxylic acid groups (broad SMARTS) is 1. The van der Waals surface area contributed by atoms with Crippen LogP contribution in [-0.4, -0.2) is 34.8 Å². The SMILES string of the molecule is CCOCCSC(C)(C)C(=O)O. The minimum atomic E-state index is -0.774. The number of ether oxygens (including phenoxy) is 1. The van der Waals surface area contributed by atoms with Gasteiger partial charge in [0.2, 0.25) is 0 Å². The zero-order valence-electron chi connectivity index (χ0n) is 7.79. The van der Waals surface area contributed by atoms with Gasteiger partial charge >= 0.3 is 5.97 Å². The first-order valence-electron chi connectivity index (χ1n) is 3.95. The van der Waals surface area contributed by atoms with Gasteiger partial charge in [0.05, 0.1) is 6.61 Å². The van der Waals surface area contributed by atoms with E-state index in [4.69, 9.17) is 9.84 Å². The van der Waals surface area contributed by atoms with Gasteiger partial charge in [0, 0.05) is 12.4 Å². The van der Waals surface area contributed by atoms with E-state index in [-0.39, 0.29) is 0 Å². The minimum Gasteiger partial charge on any atom is -0.480 e. The first-order valence-corrected chi connectivity index (χ1v) is 4.94. The standard InChI is InChI=1S/C8H16O3S/c1-4-11-5-6-12-8(2,3)7(9)10/h4-6H2,1-3H3,(H,9,10). The largest absolute Gasteiger partial charge is 0.480 e. The van der Waals surface area contributed by atoms with E-state index in [0.29, 0.717) is 13.2 Å². The van der Waals surface area contributed by atoms with Gasteiger partial charge in [-0.25, -0.2) is 0 Å². The lowest BCUT2D eigenvalue weighted by Gasteiger charge is -2.17. The first-order chi connectivity index (χ1) is 5.50. The molecule has 0 spiro atoms. The van der Waals surface area contributed by atoms with Gasteiger partial charge in [0.15, 0.2) is 0 Å².